The van der Waals surface area contributed by atoms with Crippen LogP contribution in [-0.4, -0.2) is 22.3 Å². The number of alkyl halides is 3. The van der Waals surface area contributed by atoms with Gasteiger partial charge in [0.05, 0.1) is 29.6 Å². The van der Waals surface area contributed by atoms with Crippen LogP contribution in [0.5, 0.6) is 5.75 Å². The van der Waals surface area contributed by atoms with Crippen LogP contribution in [0.25, 0.3) is 33.4 Å². The number of hydrogen-bond acceptors (Lipinski definition) is 3. The summed E-state index contributed by atoms with van der Waals surface area (Å²) in [5.41, 5.74) is 1.88. The quantitative estimate of drug-likeness (QED) is 0.458. The third-order valence-electron chi connectivity index (χ3n) is 4.35. The Labute approximate surface area is 162 Å². The van der Waals surface area contributed by atoms with Crippen LogP contribution in [0.1, 0.15) is 5.56 Å². The van der Waals surface area contributed by atoms with Crippen molar-refractivity contribution in [1.29, 1.82) is 0 Å². The third kappa shape index (κ3) is 3.41. The maximum Gasteiger partial charge on any atom is 0.416 e. The number of aromatic amines is 1. The summed E-state index contributed by atoms with van der Waals surface area (Å²) in [4.78, 5) is 4.40. The Morgan fingerprint density at radius 1 is 1.04 bits per heavy atom. The molecule has 0 radical (unpaired) electrons. The molecule has 2 aromatic carbocycles. The van der Waals surface area contributed by atoms with Gasteiger partial charge in [0, 0.05) is 33.8 Å². The topological polar surface area (TPSA) is 50.8 Å². The normalized spacial score (nSPS) is 11.8. The molecule has 0 saturated carbocycles. The zero-order valence-electron chi connectivity index (χ0n) is 14.5. The summed E-state index contributed by atoms with van der Waals surface area (Å²) in [6.45, 7) is 0. The number of aromatic nitrogens is 3. The zero-order valence-corrected chi connectivity index (χ0v) is 15.3. The summed E-state index contributed by atoms with van der Waals surface area (Å²) in [6.07, 6.45) is -2.80. The number of ether oxygens (including phenoxy) is 1. The molecule has 4 rings (SSSR count). The first-order valence-corrected chi connectivity index (χ1v) is 8.59. The molecule has 8 heteroatoms. The summed E-state index contributed by atoms with van der Waals surface area (Å²) < 4.78 is 44.2. The number of nitrogens with zero attached hydrogens (tertiary/aromatic N) is 2. The van der Waals surface area contributed by atoms with E-state index in [1.807, 2.05) is 24.3 Å². The zero-order chi connectivity index (χ0) is 19.9. The number of H-pyrrole nitrogens is 1. The molecular weight excluding hydrogens is 391 g/mol. The van der Waals surface area contributed by atoms with Gasteiger partial charge in [-0.25, -0.2) is 0 Å². The SMILES string of the molecule is COc1ccc2cc(-c3cc(-c4cc(C(F)(F)F)ccc4Cl)[nH]n3)cnc2c1. The Hall–Kier alpha value is -3.06. The molecule has 0 spiro atoms. The number of hydrogen-bond donors (Lipinski definition) is 1. The fourth-order valence-corrected chi connectivity index (χ4v) is 3.10. The minimum atomic E-state index is -4.45. The number of fused-ring (bicyclic) bond motifs is 1. The van der Waals surface area contributed by atoms with Gasteiger partial charge in [-0.2, -0.15) is 18.3 Å². The van der Waals surface area contributed by atoms with Crippen LogP contribution in [0.4, 0.5) is 13.2 Å². The average Bonchev–Trinajstić information content (AvgIpc) is 3.16. The van der Waals surface area contributed by atoms with E-state index in [-0.39, 0.29) is 10.6 Å². The van der Waals surface area contributed by atoms with Crippen LogP contribution >= 0.6 is 11.6 Å². The molecule has 4 aromatic rings. The molecule has 0 bridgehead atoms. The van der Waals surface area contributed by atoms with Gasteiger partial charge in [-0.15, -0.1) is 0 Å². The second-order valence-corrected chi connectivity index (χ2v) is 6.55. The van der Waals surface area contributed by atoms with E-state index in [2.05, 4.69) is 15.2 Å². The Bertz CT molecular complexity index is 1170. The van der Waals surface area contributed by atoms with Crippen molar-refractivity contribution >= 4 is 22.5 Å². The highest BCUT2D eigenvalue weighted by molar-refractivity contribution is 6.33. The molecule has 142 valence electrons. The summed E-state index contributed by atoms with van der Waals surface area (Å²) in [5, 5.41) is 8.05. The van der Waals surface area contributed by atoms with Crippen LogP contribution < -0.4 is 4.74 Å². The highest BCUT2D eigenvalue weighted by atomic mass is 35.5. The number of rotatable bonds is 3. The van der Waals surface area contributed by atoms with Gasteiger partial charge < -0.3 is 4.74 Å². The Balaban J connectivity index is 1.73. The van der Waals surface area contributed by atoms with Gasteiger partial charge in [0.25, 0.3) is 0 Å². The highest BCUT2D eigenvalue weighted by Crippen LogP contribution is 2.36. The standard InChI is InChI=1S/C20H13ClF3N3O/c1-28-14-4-2-11-6-12(10-25-17(11)8-14)18-9-19(27-26-18)15-7-13(20(22,23)24)3-5-16(15)21/h2-10H,1H3,(H,26,27). The lowest BCUT2D eigenvalue weighted by molar-refractivity contribution is -0.137. The number of halogens is 4. The summed E-state index contributed by atoms with van der Waals surface area (Å²) in [7, 11) is 1.58. The van der Waals surface area contributed by atoms with Crippen LogP contribution in [0.3, 0.4) is 0 Å². The first kappa shape index (κ1) is 18.3. The largest absolute Gasteiger partial charge is 0.497 e. The molecule has 0 aliphatic carbocycles. The highest BCUT2D eigenvalue weighted by Gasteiger charge is 2.31. The number of pyridine rings is 1. The van der Waals surface area contributed by atoms with E-state index in [0.717, 1.165) is 28.6 Å². The number of nitrogens with one attached hydrogen (secondary N) is 1. The molecule has 1 N–H and O–H groups in total. The summed E-state index contributed by atoms with van der Waals surface area (Å²) in [6, 6.07) is 12.2. The Morgan fingerprint density at radius 3 is 2.61 bits per heavy atom. The van der Waals surface area contributed by atoms with E-state index in [9.17, 15) is 13.2 Å². The van der Waals surface area contributed by atoms with Crippen LogP contribution in [0, 0.1) is 0 Å². The van der Waals surface area contributed by atoms with Crippen LogP contribution in [0.15, 0.2) is 54.7 Å². The molecule has 4 nitrogen and oxygen atoms in total. The van der Waals surface area contributed by atoms with Crippen molar-refractivity contribution < 1.29 is 17.9 Å². The van der Waals surface area contributed by atoms with Gasteiger partial charge in [-0.05, 0) is 42.5 Å². The van der Waals surface area contributed by atoms with E-state index in [0.29, 0.717) is 17.1 Å². The Morgan fingerprint density at radius 2 is 1.86 bits per heavy atom. The number of benzene rings is 2. The molecule has 0 fully saturated rings. The van der Waals surface area contributed by atoms with Gasteiger partial charge in [0.2, 0.25) is 0 Å². The second kappa shape index (κ2) is 6.83. The predicted octanol–water partition coefficient (Wildman–Crippen LogP) is 5.97. The first-order chi connectivity index (χ1) is 13.3. The Kier molecular flexibility index (Phi) is 4.47. The van der Waals surface area contributed by atoms with Crippen LogP contribution in [0.2, 0.25) is 5.02 Å². The molecule has 0 unspecified atom stereocenters. The fraction of sp³-hybridized carbons (Fsp3) is 0.100. The van der Waals surface area contributed by atoms with Crippen molar-refractivity contribution in [3.8, 4) is 28.3 Å². The number of methoxy groups -OCH3 is 1. The van der Waals surface area contributed by atoms with Crippen molar-refractivity contribution in [2.24, 2.45) is 0 Å². The molecule has 28 heavy (non-hydrogen) atoms. The average molecular weight is 404 g/mol. The van der Waals surface area contributed by atoms with Gasteiger partial charge in [0.1, 0.15) is 5.75 Å². The first-order valence-electron chi connectivity index (χ1n) is 8.22. The maximum atomic E-state index is 13.0. The van der Waals surface area contributed by atoms with Crippen molar-refractivity contribution in [3.63, 3.8) is 0 Å². The third-order valence-corrected chi connectivity index (χ3v) is 4.68. The molecular formula is C20H13ClF3N3O. The minimum absolute atomic E-state index is 0.201. The predicted molar refractivity (Wildman–Crippen MR) is 101 cm³/mol. The molecule has 2 heterocycles. The van der Waals surface area contributed by atoms with Crippen LogP contribution in [-0.2, 0) is 6.18 Å². The molecule has 0 aliphatic rings. The monoisotopic (exact) mass is 403 g/mol. The van der Waals surface area contributed by atoms with E-state index in [1.165, 1.54) is 6.07 Å². The van der Waals surface area contributed by atoms with E-state index >= 15 is 0 Å². The lowest BCUT2D eigenvalue weighted by Gasteiger charge is -2.09. The molecule has 2 aromatic heterocycles. The van der Waals surface area contributed by atoms with Gasteiger partial charge >= 0.3 is 6.18 Å². The molecule has 0 atom stereocenters. The lowest BCUT2D eigenvalue weighted by atomic mass is 10.1. The summed E-state index contributed by atoms with van der Waals surface area (Å²) >= 11 is 6.10. The smallest absolute Gasteiger partial charge is 0.416 e. The molecule has 0 aliphatic heterocycles. The fourth-order valence-electron chi connectivity index (χ4n) is 2.88. The van der Waals surface area contributed by atoms with Crippen molar-refractivity contribution in [2.45, 2.75) is 6.18 Å². The van der Waals surface area contributed by atoms with Gasteiger partial charge in [-0.1, -0.05) is 11.6 Å². The van der Waals surface area contributed by atoms with Crippen molar-refractivity contribution in [2.75, 3.05) is 7.11 Å². The maximum absolute atomic E-state index is 13.0. The second-order valence-electron chi connectivity index (χ2n) is 6.14. The molecule has 0 saturated heterocycles. The van der Waals surface area contributed by atoms with E-state index in [1.54, 1.807) is 19.4 Å². The van der Waals surface area contributed by atoms with E-state index in [4.69, 9.17) is 16.3 Å². The van der Waals surface area contributed by atoms with Gasteiger partial charge in [-0.3, -0.25) is 10.1 Å². The minimum Gasteiger partial charge on any atom is -0.497 e. The lowest BCUT2D eigenvalue weighted by Crippen LogP contribution is -2.04. The van der Waals surface area contributed by atoms with Crippen molar-refractivity contribution in [3.05, 3.63) is 65.3 Å². The van der Waals surface area contributed by atoms with Gasteiger partial charge in [0.15, 0.2) is 0 Å². The van der Waals surface area contributed by atoms with E-state index < -0.39 is 11.7 Å². The van der Waals surface area contributed by atoms with Crippen molar-refractivity contribution in [1.82, 2.24) is 15.2 Å². The summed E-state index contributed by atoms with van der Waals surface area (Å²) in [5.74, 6) is 0.703. The molecule has 0 amide bonds.